The third kappa shape index (κ3) is 4.57. The number of amides is 2. The van der Waals surface area contributed by atoms with Crippen LogP contribution in [-0.2, 0) is 14.3 Å². The minimum atomic E-state index is -0.696. The molecule has 2 fully saturated rings. The maximum Gasteiger partial charge on any atom is 0.253 e. The average Bonchev–Trinajstić information content (AvgIpc) is 3.15. The summed E-state index contributed by atoms with van der Waals surface area (Å²) in [5.74, 6) is 0.541. The van der Waals surface area contributed by atoms with Crippen molar-refractivity contribution in [2.24, 2.45) is 5.92 Å². The molecule has 0 aromatic carbocycles. The molecule has 0 bridgehead atoms. The monoisotopic (exact) mass is 345 g/mol. The summed E-state index contributed by atoms with van der Waals surface area (Å²) in [6, 6.07) is 3.16. The molecule has 25 heavy (non-hydrogen) atoms. The molecule has 6 heteroatoms. The highest BCUT2D eigenvalue weighted by atomic mass is 16.5. The number of morpholine rings is 1. The molecule has 1 aromatic heterocycles. The van der Waals surface area contributed by atoms with Crippen LogP contribution in [0.4, 0.5) is 0 Å². The zero-order valence-corrected chi connectivity index (χ0v) is 14.8. The van der Waals surface area contributed by atoms with Crippen LogP contribution in [0.15, 0.2) is 24.5 Å². The fraction of sp³-hybridized carbons (Fsp3) is 0.632. The Hall–Kier alpha value is -1.95. The number of nitrogens with zero attached hydrogens (tertiary/aromatic N) is 2. The van der Waals surface area contributed by atoms with Crippen LogP contribution in [-0.4, -0.2) is 48.0 Å². The van der Waals surface area contributed by atoms with E-state index in [1.54, 1.807) is 23.4 Å². The Labute approximate surface area is 148 Å². The van der Waals surface area contributed by atoms with Crippen LogP contribution in [0.1, 0.15) is 50.1 Å². The van der Waals surface area contributed by atoms with Crippen LogP contribution < -0.4 is 5.32 Å². The van der Waals surface area contributed by atoms with E-state index in [1.807, 2.05) is 13.1 Å². The highest BCUT2D eigenvalue weighted by molar-refractivity contribution is 5.86. The Kier molecular flexibility index (Phi) is 6.02. The van der Waals surface area contributed by atoms with Gasteiger partial charge in [-0.3, -0.25) is 14.6 Å². The Morgan fingerprint density at radius 2 is 2.20 bits per heavy atom. The third-order valence-corrected chi connectivity index (χ3v) is 5.26. The van der Waals surface area contributed by atoms with Gasteiger partial charge in [-0.1, -0.05) is 31.7 Å². The van der Waals surface area contributed by atoms with Crippen LogP contribution in [0.25, 0.3) is 0 Å². The quantitative estimate of drug-likeness (QED) is 0.857. The summed E-state index contributed by atoms with van der Waals surface area (Å²) in [5, 5.41) is 2.87. The van der Waals surface area contributed by atoms with Gasteiger partial charge in [0.05, 0.1) is 6.04 Å². The second-order valence-electron chi connectivity index (χ2n) is 7.12. The van der Waals surface area contributed by atoms with Crippen molar-refractivity contribution in [2.45, 2.75) is 50.7 Å². The molecule has 0 unspecified atom stereocenters. The molecule has 3 rings (SSSR count). The molecule has 2 aliphatic rings. The number of ether oxygens (including phenoxy) is 1. The maximum atomic E-state index is 12.8. The molecule has 136 valence electrons. The molecule has 2 atom stereocenters. The van der Waals surface area contributed by atoms with Crippen molar-refractivity contribution in [3.63, 3.8) is 0 Å². The molecular weight excluding hydrogens is 318 g/mol. The number of pyridine rings is 1. The van der Waals surface area contributed by atoms with Crippen LogP contribution >= 0.6 is 0 Å². The van der Waals surface area contributed by atoms with Crippen LogP contribution in [0, 0.1) is 5.92 Å². The van der Waals surface area contributed by atoms with Crippen molar-refractivity contribution in [3.05, 3.63) is 30.1 Å². The van der Waals surface area contributed by atoms with Crippen molar-refractivity contribution in [1.29, 1.82) is 0 Å². The molecule has 0 radical (unpaired) electrons. The van der Waals surface area contributed by atoms with Gasteiger partial charge in [-0.15, -0.1) is 0 Å². The van der Waals surface area contributed by atoms with E-state index in [9.17, 15) is 9.59 Å². The summed E-state index contributed by atoms with van der Waals surface area (Å²) in [6.45, 7) is 0.645. The van der Waals surface area contributed by atoms with Gasteiger partial charge in [-0.25, -0.2) is 0 Å². The fourth-order valence-electron chi connectivity index (χ4n) is 3.83. The third-order valence-electron chi connectivity index (χ3n) is 5.26. The van der Waals surface area contributed by atoms with Crippen molar-refractivity contribution < 1.29 is 14.3 Å². The summed E-state index contributed by atoms with van der Waals surface area (Å²) in [4.78, 5) is 30.4. The van der Waals surface area contributed by atoms with E-state index in [0.717, 1.165) is 24.4 Å². The van der Waals surface area contributed by atoms with Crippen molar-refractivity contribution in [3.8, 4) is 0 Å². The lowest BCUT2D eigenvalue weighted by molar-refractivity contribution is -0.154. The SMILES string of the molecule is CN(CCCC1CCCC1)C(=O)[C@H]1OCC(=O)N[C@@H]1c1cccnc1. The first kappa shape index (κ1) is 17.9. The number of carbonyl (C=O) groups excluding carboxylic acids is 2. The largest absolute Gasteiger partial charge is 0.356 e. The standard InChI is InChI=1S/C19H27N3O3/c1-22(11-5-8-14-6-2-3-7-14)19(24)18-17(21-16(23)13-25-18)15-9-4-10-20-12-15/h4,9-10,12,14,17-18H,2-3,5-8,11,13H2,1H3,(H,21,23)/t17-,18+/m1/s1. The fourth-order valence-corrected chi connectivity index (χ4v) is 3.83. The lowest BCUT2D eigenvalue weighted by atomic mass is 9.99. The summed E-state index contributed by atoms with van der Waals surface area (Å²) < 4.78 is 5.59. The molecule has 2 heterocycles. The summed E-state index contributed by atoms with van der Waals surface area (Å²) >= 11 is 0. The normalized spacial score (nSPS) is 24.1. The lowest BCUT2D eigenvalue weighted by Crippen LogP contribution is -2.52. The van der Waals surface area contributed by atoms with Gasteiger partial charge in [0, 0.05) is 26.0 Å². The Balaban J connectivity index is 1.58. The highest BCUT2D eigenvalue weighted by Crippen LogP contribution is 2.29. The van der Waals surface area contributed by atoms with Crippen molar-refractivity contribution in [2.75, 3.05) is 20.2 Å². The van der Waals surface area contributed by atoms with Gasteiger partial charge in [-0.2, -0.15) is 0 Å². The van der Waals surface area contributed by atoms with Gasteiger partial charge in [0.25, 0.3) is 5.91 Å². The van der Waals surface area contributed by atoms with E-state index in [2.05, 4.69) is 10.3 Å². The minimum absolute atomic E-state index is 0.0803. The van der Waals surface area contributed by atoms with E-state index in [1.165, 1.54) is 32.1 Å². The first-order valence-electron chi connectivity index (χ1n) is 9.21. The van der Waals surface area contributed by atoms with Gasteiger partial charge < -0.3 is 15.0 Å². The summed E-state index contributed by atoms with van der Waals surface area (Å²) in [7, 11) is 1.82. The second-order valence-corrected chi connectivity index (χ2v) is 7.12. The molecular formula is C19H27N3O3. The molecule has 1 saturated heterocycles. The Bertz CT molecular complexity index is 587. The molecule has 2 amide bonds. The van der Waals surface area contributed by atoms with Crippen LogP contribution in [0.3, 0.4) is 0 Å². The second kappa shape index (κ2) is 8.43. The number of carbonyl (C=O) groups is 2. The number of aromatic nitrogens is 1. The first-order valence-corrected chi connectivity index (χ1v) is 9.21. The Morgan fingerprint density at radius 1 is 1.40 bits per heavy atom. The smallest absolute Gasteiger partial charge is 0.253 e. The van der Waals surface area contributed by atoms with E-state index < -0.39 is 12.1 Å². The number of rotatable bonds is 6. The summed E-state index contributed by atoms with van der Waals surface area (Å²) in [5.41, 5.74) is 0.785. The van der Waals surface area contributed by atoms with E-state index >= 15 is 0 Å². The maximum absolute atomic E-state index is 12.8. The van der Waals surface area contributed by atoms with E-state index in [-0.39, 0.29) is 18.4 Å². The zero-order valence-electron chi connectivity index (χ0n) is 14.8. The zero-order chi connectivity index (χ0) is 17.6. The van der Waals surface area contributed by atoms with Gasteiger partial charge >= 0.3 is 0 Å². The lowest BCUT2D eigenvalue weighted by Gasteiger charge is -2.34. The number of nitrogens with one attached hydrogen (secondary N) is 1. The average molecular weight is 345 g/mol. The number of hydrogen-bond acceptors (Lipinski definition) is 4. The van der Waals surface area contributed by atoms with E-state index in [0.29, 0.717) is 0 Å². The van der Waals surface area contributed by atoms with Gasteiger partial charge in [0.15, 0.2) is 6.10 Å². The Morgan fingerprint density at radius 3 is 2.92 bits per heavy atom. The molecule has 1 saturated carbocycles. The molecule has 1 N–H and O–H groups in total. The van der Waals surface area contributed by atoms with Gasteiger partial charge in [-0.05, 0) is 30.4 Å². The van der Waals surface area contributed by atoms with Gasteiger partial charge in [0.1, 0.15) is 6.61 Å². The molecule has 6 nitrogen and oxygen atoms in total. The van der Waals surface area contributed by atoms with E-state index in [4.69, 9.17) is 4.74 Å². The first-order chi connectivity index (χ1) is 12.1. The topological polar surface area (TPSA) is 71.5 Å². The predicted molar refractivity (Wildman–Crippen MR) is 93.7 cm³/mol. The van der Waals surface area contributed by atoms with Gasteiger partial charge in [0.2, 0.25) is 5.91 Å². The molecule has 0 spiro atoms. The van der Waals surface area contributed by atoms with Crippen molar-refractivity contribution >= 4 is 11.8 Å². The van der Waals surface area contributed by atoms with Crippen molar-refractivity contribution in [1.82, 2.24) is 15.2 Å². The molecule has 1 aliphatic carbocycles. The molecule has 1 aromatic rings. The molecule has 1 aliphatic heterocycles. The minimum Gasteiger partial charge on any atom is -0.356 e. The number of likely N-dealkylation sites (N-methyl/N-ethyl adjacent to an activating group) is 1. The number of hydrogen-bond donors (Lipinski definition) is 1. The predicted octanol–water partition coefficient (Wildman–Crippen LogP) is 2.07. The summed E-state index contributed by atoms with van der Waals surface area (Å²) in [6.07, 6.45) is 10.2. The van der Waals surface area contributed by atoms with Crippen LogP contribution in [0.2, 0.25) is 0 Å². The van der Waals surface area contributed by atoms with Crippen LogP contribution in [0.5, 0.6) is 0 Å². The highest BCUT2D eigenvalue weighted by Gasteiger charge is 2.37.